The monoisotopic (exact) mass is 1390 g/mol. The van der Waals surface area contributed by atoms with Gasteiger partial charge in [-0.25, -0.2) is 0 Å². The maximum atomic E-state index is 13.5. The molecule has 3 aliphatic rings. The van der Waals surface area contributed by atoms with E-state index in [1.165, 1.54) is 218 Å². The maximum absolute atomic E-state index is 13.5. The summed E-state index contributed by atoms with van der Waals surface area (Å²) in [6.45, 7) is 1.73. The molecule has 12 N–H and O–H groups in total. The van der Waals surface area contributed by atoms with Crippen molar-refractivity contribution in [2.75, 3.05) is 26.4 Å². The number of aliphatic hydroxyl groups is 11. The van der Waals surface area contributed by atoms with Crippen LogP contribution in [0.5, 0.6) is 0 Å². The summed E-state index contributed by atoms with van der Waals surface area (Å²) in [5.41, 5.74) is 0. The minimum atomic E-state index is -1.98. The Bertz CT molecular complexity index is 2010. The molecule has 0 radical (unpaired) electrons. The molecule has 3 aliphatic heterocycles. The van der Waals surface area contributed by atoms with E-state index in [-0.39, 0.29) is 18.9 Å². The fraction of sp³-hybridized carbons (Fsp3) is 0.861. The molecule has 19 nitrogen and oxygen atoms in total. The Labute approximate surface area is 592 Å². The van der Waals surface area contributed by atoms with E-state index in [1.54, 1.807) is 6.08 Å². The lowest BCUT2D eigenvalue weighted by molar-refractivity contribution is -0.379. The summed E-state index contributed by atoms with van der Waals surface area (Å²) in [5.74, 6) is -0.286. The Kier molecular flexibility index (Phi) is 54.8. The third kappa shape index (κ3) is 39.9. The quantitative estimate of drug-likeness (QED) is 0.0199. The van der Waals surface area contributed by atoms with Crippen LogP contribution in [0.4, 0.5) is 0 Å². The van der Waals surface area contributed by atoms with Gasteiger partial charge in [0, 0.05) is 6.42 Å². The van der Waals surface area contributed by atoms with Crippen LogP contribution in [0.2, 0.25) is 0 Å². The highest BCUT2D eigenvalue weighted by Gasteiger charge is 2.53. The summed E-state index contributed by atoms with van der Waals surface area (Å²) >= 11 is 0. The average molecular weight is 1400 g/mol. The van der Waals surface area contributed by atoms with Crippen LogP contribution < -0.4 is 5.32 Å². The molecular weight excluding hydrogens is 1250 g/mol. The van der Waals surface area contributed by atoms with Gasteiger partial charge in [-0.15, -0.1) is 0 Å². The highest BCUT2D eigenvalue weighted by Crippen LogP contribution is 2.33. The van der Waals surface area contributed by atoms with Crippen LogP contribution in [0.3, 0.4) is 0 Å². The number of ether oxygens (including phenoxy) is 6. The number of carbonyl (C=O) groups excluding carboxylic acids is 1. The second-order valence-electron chi connectivity index (χ2n) is 28.2. The number of nitrogens with one attached hydrogen (secondary N) is 1. The van der Waals surface area contributed by atoms with E-state index >= 15 is 0 Å². The lowest BCUT2D eigenvalue weighted by Gasteiger charge is -2.48. The number of rotatable bonds is 62. The van der Waals surface area contributed by atoms with Crippen LogP contribution >= 0.6 is 0 Å². The molecule has 3 fully saturated rings. The number of unbranched alkanes of at least 4 members (excludes halogenated alkanes) is 38. The van der Waals surface area contributed by atoms with E-state index in [0.717, 1.165) is 51.4 Å². The average Bonchev–Trinajstić information content (AvgIpc) is 0.784. The molecule has 3 heterocycles. The summed E-state index contributed by atoms with van der Waals surface area (Å²) in [4.78, 5) is 13.5. The highest BCUT2D eigenvalue weighted by atomic mass is 16.8. The van der Waals surface area contributed by atoms with E-state index in [2.05, 4.69) is 67.8 Å². The Morgan fingerprint density at radius 3 is 1.08 bits per heavy atom. The van der Waals surface area contributed by atoms with E-state index < -0.39 is 124 Å². The Hall–Kier alpha value is -2.51. The number of allylic oxidation sites excluding steroid dienone is 9. The number of aliphatic hydroxyl groups excluding tert-OH is 11. The molecule has 19 heteroatoms. The van der Waals surface area contributed by atoms with Gasteiger partial charge in [0.15, 0.2) is 18.9 Å². The lowest BCUT2D eigenvalue weighted by Crippen LogP contribution is -2.66. The van der Waals surface area contributed by atoms with Crippen LogP contribution in [0.1, 0.15) is 303 Å². The summed E-state index contributed by atoms with van der Waals surface area (Å²) < 4.78 is 34.4. The molecule has 572 valence electrons. The van der Waals surface area contributed by atoms with Gasteiger partial charge in [-0.1, -0.05) is 280 Å². The van der Waals surface area contributed by atoms with Crippen LogP contribution in [-0.2, 0) is 33.2 Å². The largest absolute Gasteiger partial charge is 0.394 e. The Morgan fingerprint density at radius 1 is 0.367 bits per heavy atom. The topological polar surface area (TPSA) is 307 Å². The van der Waals surface area contributed by atoms with Crippen molar-refractivity contribution in [3.8, 4) is 0 Å². The fourth-order valence-electron chi connectivity index (χ4n) is 13.1. The predicted octanol–water partition coefficient (Wildman–Crippen LogP) is 12.7. The molecule has 3 rings (SSSR count). The summed E-state index contributed by atoms with van der Waals surface area (Å²) in [6.07, 6.45) is 49.2. The van der Waals surface area contributed by atoms with Crippen LogP contribution in [0.25, 0.3) is 0 Å². The molecule has 0 aromatic heterocycles. The van der Waals surface area contributed by atoms with Gasteiger partial charge in [-0.2, -0.15) is 0 Å². The molecule has 0 aromatic rings. The molecule has 3 saturated heterocycles. The van der Waals surface area contributed by atoms with Crippen LogP contribution in [-0.4, -0.2) is 193 Å². The van der Waals surface area contributed by atoms with Gasteiger partial charge < -0.3 is 89.9 Å². The predicted molar refractivity (Wildman–Crippen MR) is 388 cm³/mol. The second kappa shape index (κ2) is 59.8. The molecule has 0 spiro atoms. The number of carbonyl (C=O) groups is 1. The van der Waals surface area contributed by atoms with Crippen molar-refractivity contribution in [3.63, 3.8) is 0 Å². The van der Waals surface area contributed by atoms with Crippen molar-refractivity contribution in [2.24, 2.45) is 0 Å². The highest BCUT2D eigenvalue weighted by molar-refractivity contribution is 5.76. The molecule has 17 unspecified atom stereocenters. The van der Waals surface area contributed by atoms with Crippen LogP contribution in [0, 0.1) is 0 Å². The molecule has 0 bridgehead atoms. The number of hydrogen-bond donors (Lipinski definition) is 12. The third-order valence-corrected chi connectivity index (χ3v) is 19.5. The zero-order valence-corrected chi connectivity index (χ0v) is 61.0. The second-order valence-corrected chi connectivity index (χ2v) is 28.2. The first-order chi connectivity index (χ1) is 47.8. The molecule has 1 amide bonds. The van der Waals surface area contributed by atoms with Gasteiger partial charge in [-0.3, -0.25) is 4.79 Å². The van der Waals surface area contributed by atoms with Gasteiger partial charge in [0.25, 0.3) is 0 Å². The van der Waals surface area contributed by atoms with Gasteiger partial charge in [0.1, 0.15) is 73.2 Å². The molecule has 17 atom stereocenters. The first-order valence-corrected chi connectivity index (χ1v) is 39.5. The van der Waals surface area contributed by atoms with Crippen molar-refractivity contribution in [2.45, 2.75) is 407 Å². The summed E-state index contributed by atoms with van der Waals surface area (Å²) in [5, 5.41) is 121. The zero-order valence-electron chi connectivity index (χ0n) is 61.0. The SMILES string of the molecule is CCCCCCC/C=C\C/C=C\CCCCCCCCCCCCCCCCCCCC(=O)NC(COC1OC(CO)C(OC2OC(CO)C(OC3OC(CO)C(O)C(O)C3O)C(O)C2O)C(O)C1O)C(O)/C=C/CC/C=C/CC/C=C/CCCCCCCCCCCCCCCC. The van der Waals surface area contributed by atoms with E-state index in [4.69, 9.17) is 28.4 Å². The number of hydrogen-bond acceptors (Lipinski definition) is 18. The van der Waals surface area contributed by atoms with Crippen molar-refractivity contribution in [1.82, 2.24) is 5.32 Å². The Morgan fingerprint density at radius 2 is 0.684 bits per heavy atom. The summed E-state index contributed by atoms with van der Waals surface area (Å²) in [6, 6.07) is -0.999. The van der Waals surface area contributed by atoms with Crippen LogP contribution in [0.15, 0.2) is 60.8 Å². The van der Waals surface area contributed by atoms with E-state index in [1.807, 2.05) is 6.08 Å². The first-order valence-electron chi connectivity index (χ1n) is 39.5. The van der Waals surface area contributed by atoms with Gasteiger partial charge in [0.2, 0.25) is 5.91 Å². The van der Waals surface area contributed by atoms with E-state index in [0.29, 0.717) is 12.8 Å². The summed E-state index contributed by atoms with van der Waals surface area (Å²) in [7, 11) is 0. The van der Waals surface area contributed by atoms with Crippen molar-refractivity contribution in [3.05, 3.63) is 60.8 Å². The maximum Gasteiger partial charge on any atom is 0.220 e. The minimum absolute atomic E-state index is 0.232. The van der Waals surface area contributed by atoms with Crippen molar-refractivity contribution in [1.29, 1.82) is 0 Å². The molecule has 0 saturated carbocycles. The smallest absolute Gasteiger partial charge is 0.220 e. The zero-order chi connectivity index (χ0) is 71.1. The first kappa shape index (κ1) is 89.7. The lowest BCUT2D eigenvalue weighted by atomic mass is 9.96. The normalized spacial score (nSPS) is 27.1. The van der Waals surface area contributed by atoms with Crippen molar-refractivity contribution >= 4 is 5.91 Å². The van der Waals surface area contributed by atoms with Gasteiger partial charge in [0.05, 0.1) is 38.6 Å². The fourth-order valence-corrected chi connectivity index (χ4v) is 13.1. The number of amides is 1. The van der Waals surface area contributed by atoms with E-state index in [9.17, 15) is 61.0 Å². The molecule has 0 aliphatic carbocycles. The molecule has 0 aromatic carbocycles. The van der Waals surface area contributed by atoms with Crippen molar-refractivity contribution < 1.29 is 89.4 Å². The van der Waals surface area contributed by atoms with Gasteiger partial charge in [-0.05, 0) is 77.0 Å². The molecular formula is C79H143NO18. The Balaban J connectivity index is 1.40. The minimum Gasteiger partial charge on any atom is -0.394 e. The molecule has 98 heavy (non-hydrogen) atoms. The standard InChI is InChI=1S/C79H143NO18/c1-3-5-7-9-11-13-15-17-19-21-23-25-27-29-30-31-32-33-35-37-39-41-43-45-47-49-51-53-55-57-67(85)80-62(63(84)56-54-52-50-48-46-44-42-40-38-36-34-28-26-24-22-20-18-16-14-12-10-8-6-4-2)61-93-77-73(91)70(88)75(65(59-82)95-77)98-79-74(92)71(89)76(66(60-83)96-79)97-78-72(90)69(87)68(86)64(58-81)94-78/h15,17,21,23,38,40,46,48,54,56,62-66,68-79,81-84,86-92H,3-14,16,18-20,22,24-37,39,41-45,47,49-53,55,57-61H2,1-2H3,(H,80,85)/b17-15-,23-21-,40-38+,48-46+,56-54+. The third-order valence-electron chi connectivity index (χ3n) is 19.5. The van der Waals surface area contributed by atoms with Gasteiger partial charge >= 0.3 is 0 Å².